The molecule has 3 N–H and O–H groups in total. The lowest BCUT2D eigenvalue weighted by molar-refractivity contribution is -0.222. The number of hydrogen-bond donors (Lipinski definition) is 2. The van der Waals surface area contributed by atoms with Gasteiger partial charge >= 0.3 is 0 Å². The summed E-state index contributed by atoms with van der Waals surface area (Å²) in [5.74, 6) is 0.586. The lowest BCUT2D eigenvalue weighted by Gasteiger charge is -2.65. The van der Waals surface area contributed by atoms with Crippen molar-refractivity contribution in [3.05, 3.63) is 22.7 Å². The van der Waals surface area contributed by atoms with Crippen molar-refractivity contribution in [2.45, 2.75) is 38.3 Å². The van der Waals surface area contributed by atoms with Gasteiger partial charge in [-0.25, -0.2) is 0 Å². The molecule has 1 aromatic carbocycles. The Morgan fingerprint density at radius 1 is 1.46 bits per heavy atom. The van der Waals surface area contributed by atoms with E-state index >= 15 is 0 Å². The van der Waals surface area contributed by atoms with Crippen LogP contribution in [0.3, 0.4) is 0 Å². The molecular formula is C17H24BrClN2O3. The number of nitrogens with two attached hydrogens (primary N) is 1. The summed E-state index contributed by atoms with van der Waals surface area (Å²) in [6.07, 6.45) is 1.95. The third-order valence-corrected chi connectivity index (χ3v) is 6.12. The van der Waals surface area contributed by atoms with Crippen LogP contribution < -0.4 is 15.8 Å². The Morgan fingerprint density at radius 3 is 2.83 bits per heavy atom. The molecule has 0 aromatic heterocycles. The second-order valence-electron chi connectivity index (χ2n) is 6.93. The highest BCUT2D eigenvalue weighted by Gasteiger charge is 2.70. The van der Waals surface area contributed by atoms with E-state index in [0.29, 0.717) is 11.4 Å². The zero-order valence-corrected chi connectivity index (χ0v) is 16.5. The standard InChI is InChI=1S/C17H23BrN2O3.ClH/c1-16(2)14-11(5-4-8-23-14)17(16,19)15(21)20-10-6-7-12(18)13(9-10)22-3;/h6-7,9,11,14H,4-5,8,19H2,1-3H3,(H,20,21);1H. The number of rotatable bonds is 3. The first-order valence-corrected chi connectivity index (χ1v) is 8.67. The minimum atomic E-state index is -0.918. The third-order valence-electron chi connectivity index (χ3n) is 5.47. The summed E-state index contributed by atoms with van der Waals surface area (Å²) in [6.45, 7) is 4.79. The molecule has 3 unspecified atom stereocenters. The van der Waals surface area contributed by atoms with Crippen molar-refractivity contribution in [3.8, 4) is 5.75 Å². The largest absolute Gasteiger partial charge is 0.495 e. The molecule has 0 radical (unpaired) electrons. The van der Waals surface area contributed by atoms with Gasteiger partial charge in [0.15, 0.2) is 0 Å². The molecule has 1 saturated carbocycles. The van der Waals surface area contributed by atoms with E-state index in [1.54, 1.807) is 13.2 Å². The van der Waals surface area contributed by atoms with Gasteiger partial charge in [0.1, 0.15) is 11.3 Å². The van der Waals surface area contributed by atoms with Gasteiger partial charge in [-0.05, 0) is 40.9 Å². The second kappa shape index (κ2) is 6.83. The van der Waals surface area contributed by atoms with E-state index < -0.39 is 5.54 Å². The highest BCUT2D eigenvalue weighted by molar-refractivity contribution is 9.10. The fraction of sp³-hybridized carbons (Fsp3) is 0.588. The molecule has 2 aliphatic rings. The van der Waals surface area contributed by atoms with Crippen LogP contribution in [-0.2, 0) is 9.53 Å². The average Bonchev–Trinajstić information content (AvgIpc) is 2.55. The van der Waals surface area contributed by atoms with Gasteiger partial charge in [-0.3, -0.25) is 4.79 Å². The molecule has 5 nitrogen and oxygen atoms in total. The van der Waals surface area contributed by atoms with Crippen molar-refractivity contribution in [2.24, 2.45) is 17.1 Å². The summed E-state index contributed by atoms with van der Waals surface area (Å²) >= 11 is 3.41. The summed E-state index contributed by atoms with van der Waals surface area (Å²) in [6, 6.07) is 5.45. The van der Waals surface area contributed by atoms with Crippen molar-refractivity contribution >= 4 is 39.9 Å². The summed E-state index contributed by atoms with van der Waals surface area (Å²) in [4.78, 5) is 12.9. The summed E-state index contributed by atoms with van der Waals surface area (Å²) in [7, 11) is 1.59. The van der Waals surface area contributed by atoms with Crippen molar-refractivity contribution in [3.63, 3.8) is 0 Å². The van der Waals surface area contributed by atoms with Crippen LogP contribution in [0.4, 0.5) is 5.69 Å². The highest BCUT2D eigenvalue weighted by Crippen LogP contribution is 2.57. The van der Waals surface area contributed by atoms with E-state index in [1.807, 2.05) is 26.0 Å². The first kappa shape index (κ1) is 19.5. The Bertz CT molecular complexity index is 640. The van der Waals surface area contributed by atoms with Gasteiger partial charge in [-0.2, -0.15) is 0 Å². The fourth-order valence-corrected chi connectivity index (χ4v) is 4.42. The predicted molar refractivity (Wildman–Crippen MR) is 99.7 cm³/mol. The Balaban J connectivity index is 0.00000208. The maximum absolute atomic E-state index is 12.9. The third kappa shape index (κ3) is 2.73. The number of hydrogen-bond acceptors (Lipinski definition) is 4. The normalized spacial score (nSPS) is 30.4. The number of fused-ring (bicyclic) bond motifs is 1. The predicted octanol–water partition coefficient (Wildman–Crippen LogP) is 3.35. The number of anilines is 1. The lowest BCUT2D eigenvalue weighted by Crippen LogP contribution is -2.81. The molecule has 1 amide bonds. The molecule has 3 atom stereocenters. The quantitative estimate of drug-likeness (QED) is 0.788. The molecule has 3 rings (SSSR count). The minimum Gasteiger partial charge on any atom is -0.495 e. The molecule has 1 saturated heterocycles. The number of carbonyl (C=O) groups excluding carboxylic acids is 1. The van der Waals surface area contributed by atoms with Crippen LogP contribution in [0.1, 0.15) is 26.7 Å². The van der Waals surface area contributed by atoms with Crippen molar-refractivity contribution in [2.75, 3.05) is 19.0 Å². The van der Waals surface area contributed by atoms with Crippen LogP contribution in [0.2, 0.25) is 0 Å². The van der Waals surface area contributed by atoms with E-state index in [2.05, 4.69) is 21.2 Å². The number of ether oxygens (including phenoxy) is 2. The maximum atomic E-state index is 12.9. The van der Waals surface area contributed by atoms with Gasteiger partial charge in [-0.1, -0.05) is 13.8 Å². The number of carbonyl (C=O) groups is 1. The Kier molecular flexibility index (Phi) is 5.55. The number of nitrogens with one attached hydrogen (secondary N) is 1. The van der Waals surface area contributed by atoms with Crippen LogP contribution in [0.25, 0.3) is 0 Å². The fourth-order valence-electron chi connectivity index (χ4n) is 4.01. The van der Waals surface area contributed by atoms with Crippen LogP contribution >= 0.6 is 28.3 Å². The molecule has 1 aliphatic heterocycles. The van der Waals surface area contributed by atoms with Gasteiger partial charge in [0.25, 0.3) is 0 Å². The maximum Gasteiger partial charge on any atom is 0.245 e. The summed E-state index contributed by atoms with van der Waals surface area (Å²) in [5, 5.41) is 2.95. The molecule has 7 heteroatoms. The molecule has 0 spiro atoms. The van der Waals surface area contributed by atoms with E-state index in [4.69, 9.17) is 15.2 Å². The minimum absolute atomic E-state index is 0. The smallest absolute Gasteiger partial charge is 0.245 e. The Hall–Kier alpha value is -0.820. The summed E-state index contributed by atoms with van der Waals surface area (Å²) in [5.41, 5.74) is 5.97. The number of benzene rings is 1. The molecule has 2 fully saturated rings. The van der Waals surface area contributed by atoms with Crippen LogP contribution in [0, 0.1) is 11.3 Å². The number of amides is 1. The molecular weight excluding hydrogens is 396 g/mol. The molecule has 1 aliphatic carbocycles. The molecule has 24 heavy (non-hydrogen) atoms. The number of methoxy groups -OCH3 is 1. The SMILES string of the molecule is COc1cc(NC(=O)C2(N)C3CCCOC3C2(C)C)ccc1Br.Cl. The van der Waals surface area contributed by atoms with E-state index in [-0.39, 0.29) is 35.8 Å². The van der Waals surface area contributed by atoms with Crippen molar-refractivity contribution in [1.29, 1.82) is 0 Å². The summed E-state index contributed by atoms with van der Waals surface area (Å²) < 4.78 is 12.0. The Morgan fingerprint density at radius 2 is 2.17 bits per heavy atom. The molecule has 1 aromatic rings. The zero-order chi connectivity index (χ0) is 16.8. The highest BCUT2D eigenvalue weighted by atomic mass is 79.9. The van der Waals surface area contributed by atoms with Crippen molar-refractivity contribution < 1.29 is 14.3 Å². The van der Waals surface area contributed by atoms with Crippen LogP contribution in [-0.4, -0.2) is 31.3 Å². The monoisotopic (exact) mass is 418 g/mol. The van der Waals surface area contributed by atoms with Gasteiger partial charge in [0.2, 0.25) is 5.91 Å². The van der Waals surface area contributed by atoms with E-state index in [9.17, 15) is 4.79 Å². The number of halogens is 2. The van der Waals surface area contributed by atoms with Gasteiger partial charge in [0.05, 0.1) is 17.7 Å². The van der Waals surface area contributed by atoms with E-state index in [1.165, 1.54) is 0 Å². The van der Waals surface area contributed by atoms with Gasteiger partial charge < -0.3 is 20.5 Å². The molecule has 1 heterocycles. The molecule has 0 bridgehead atoms. The topological polar surface area (TPSA) is 73.6 Å². The van der Waals surface area contributed by atoms with Crippen LogP contribution in [0.15, 0.2) is 22.7 Å². The van der Waals surface area contributed by atoms with Gasteiger partial charge in [-0.15, -0.1) is 12.4 Å². The first-order chi connectivity index (χ1) is 10.8. The van der Waals surface area contributed by atoms with Gasteiger partial charge in [0, 0.05) is 29.7 Å². The van der Waals surface area contributed by atoms with E-state index in [0.717, 1.165) is 23.9 Å². The molecule has 134 valence electrons. The lowest BCUT2D eigenvalue weighted by atomic mass is 9.46. The zero-order valence-electron chi connectivity index (χ0n) is 14.1. The Labute approximate surface area is 157 Å². The van der Waals surface area contributed by atoms with Crippen LogP contribution in [0.5, 0.6) is 5.75 Å². The van der Waals surface area contributed by atoms with Crippen molar-refractivity contribution in [1.82, 2.24) is 0 Å². The first-order valence-electron chi connectivity index (χ1n) is 7.88. The second-order valence-corrected chi connectivity index (χ2v) is 7.79. The average molecular weight is 420 g/mol.